The average molecular weight is 376 g/mol. The van der Waals surface area contributed by atoms with Gasteiger partial charge in [-0.3, -0.25) is 9.89 Å². The van der Waals surface area contributed by atoms with E-state index in [1.165, 1.54) is 4.31 Å². The lowest BCUT2D eigenvalue weighted by Gasteiger charge is -2.20. The largest absolute Gasteiger partial charge is 0.326 e. The van der Waals surface area contributed by atoms with Crippen LogP contribution in [-0.2, 0) is 27.7 Å². The number of aromatic amines is 1. The molecule has 0 saturated heterocycles. The van der Waals surface area contributed by atoms with Crippen molar-refractivity contribution < 1.29 is 13.2 Å². The summed E-state index contributed by atoms with van der Waals surface area (Å²) in [6.07, 6.45) is 2.45. The van der Waals surface area contributed by atoms with Gasteiger partial charge in [0, 0.05) is 31.4 Å². The second-order valence-electron chi connectivity index (χ2n) is 6.71. The summed E-state index contributed by atoms with van der Waals surface area (Å²) in [6.45, 7) is 4.35. The summed E-state index contributed by atoms with van der Waals surface area (Å²) in [4.78, 5) is 11.7. The van der Waals surface area contributed by atoms with E-state index in [4.69, 9.17) is 0 Å². The molecule has 140 valence electrons. The predicted octanol–water partition coefficient (Wildman–Crippen LogP) is 2.16. The molecule has 7 nitrogen and oxygen atoms in total. The number of hydrogen-bond acceptors (Lipinski definition) is 4. The first-order valence-electron chi connectivity index (χ1n) is 8.68. The summed E-state index contributed by atoms with van der Waals surface area (Å²) >= 11 is 0. The summed E-state index contributed by atoms with van der Waals surface area (Å²) in [5.74, 6) is -0.0324. The van der Waals surface area contributed by atoms with Gasteiger partial charge >= 0.3 is 0 Å². The van der Waals surface area contributed by atoms with Gasteiger partial charge in [0.15, 0.2) is 0 Å². The third-order valence-corrected chi connectivity index (χ3v) is 6.71. The number of carbonyl (C=O) groups is 1. The quantitative estimate of drug-likeness (QED) is 0.808. The van der Waals surface area contributed by atoms with Gasteiger partial charge in [0.1, 0.15) is 0 Å². The van der Waals surface area contributed by atoms with E-state index >= 15 is 0 Å². The Labute approximate surface area is 153 Å². The molecule has 26 heavy (non-hydrogen) atoms. The molecule has 2 heterocycles. The summed E-state index contributed by atoms with van der Waals surface area (Å²) < 4.78 is 27.0. The molecule has 1 amide bonds. The Morgan fingerprint density at radius 1 is 1.23 bits per heavy atom. The zero-order valence-corrected chi connectivity index (χ0v) is 16.1. The number of anilines is 1. The fraction of sp³-hybridized carbons (Fsp3) is 0.444. The number of H-pyrrole nitrogens is 1. The van der Waals surface area contributed by atoms with Gasteiger partial charge in [-0.05, 0) is 62.4 Å². The molecule has 0 radical (unpaired) electrons. The van der Waals surface area contributed by atoms with Crippen LogP contribution in [0.1, 0.15) is 35.4 Å². The van der Waals surface area contributed by atoms with Crippen molar-refractivity contribution in [3.8, 4) is 0 Å². The first kappa shape index (κ1) is 18.6. The summed E-state index contributed by atoms with van der Waals surface area (Å²) in [5.41, 5.74) is 4.72. The number of aromatic nitrogens is 2. The van der Waals surface area contributed by atoms with Crippen molar-refractivity contribution >= 4 is 21.6 Å². The molecule has 0 atom stereocenters. The van der Waals surface area contributed by atoms with Crippen LogP contribution in [0.4, 0.5) is 5.69 Å². The molecule has 2 N–H and O–H groups in total. The highest BCUT2D eigenvalue weighted by Gasteiger charge is 2.23. The molecule has 8 heteroatoms. The average Bonchev–Trinajstić information content (AvgIpc) is 2.92. The second-order valence-corrected chi connectivity index (χ2v) is 8.75. The number of carbonyl (C=O) groups excluding carboxylic acids is 1. The minimum absolute atomic E-state index is 0.0324. The lowest BCUT2D eigenvalue weighted by molar-refractivity contribution is -0.116. The molecule has 1 aliphatic heterocycles. The highest BCUT2D eigenvalue weighted by molar-refractivity contribution is 7.89. The van der Waals surface area contributed by atoms with E-state index in [0.717, 1.165) is 35.4 Å². The van der Waals surface area contributed by atoms with E-state index in [1.807, 2.05) is 13.8 Å². The monoisotopic (exact) mass is 376 g/mol. The Morgan fingerprint density at radius 2 is 2.00 bits per heavy atom. The predicted molar refractivity (Wildman–Crippen MR) is 99.6 cm³/mol. The number of nitrogens with zero attached hydrogens (tertiary/aromatic N) is 2. The van der Waals surface area contributed by atoms with Crippen LogP contribution in [0.25, 0.3) is 0 Å². The zero-order chi connectivity index (χ0) is 18.9. The van der Waals surface area contributed by atoms with Gasteiger partial charge in [0.2, 0.25) is 15.9 Å². The number of sulfonamides is 1. The highest BCUT2D eigenvalue weighted by Crippen LogP contribution is 2.26. The molecule has 2 aromatic rings. The first-order valence-corrected chi connectivity index (χ1v) is 10.1. The van der Waals surface area contributed by atoms with Crippen molar-refractivity contribution in [2.24, 2.45) is 0 Å². The van der Waals surface area contributed by atoms with Crippen molar-refractivity contribution in [3.05, 3.63) is 40.7 Å². The molecule has 0 saturated carbocycles. The fourth-order valence-electron chi connectivity index (χ4n) is 3.24. The molecule has 3 rings (SSSR count). The maximum atomic E-state index is 12.8. The maximum absolute atomic E-state index is 12.8. The van der Waals surface area contributed by atoms with E-state index in [0.29, 0.717) is 25.1 Å². The van der Waals surface area contributed by atoms with Gasteiger partial charge in [-0.2, -0.15) is 5.10 Å². The fourth-order valence-corrected chi connectivity index (χ4v) is 4.50. The number of nitrogens with one attached hydrogen (secondary N) is 2. The van der Waals surface area contributed by atoms with Gasteiger partial charge < -0.3 is 5.32 Å². The maximum Gasteiger partial charge on any atom is 0.242 e. The molecular weight excluding hydrogens is 352 g/mol. The molecule has 1 aromatic carbocycles. The lowest BCUT2D eigenvalue weighted by Crippen LogP contribution is -2.28. The van der Waals surface area contributed by atoms with Crippen molar-refractivity contribution in [3.63, 3.8) is 0 Å². The number of benzene rings is 1. The number of fused-ring (bicyclic) bond motifs is 1. The Bertz CT molecular complexity index is 914. The van der Waals surface area contributed by atoms with Crippen LogP contribution in [0.15, 0.2) is 23.1 Å². The SMILES string of the molecule is Cc1n[nH]c(C)c1CCCN(C)S(=O)(=O)c1ccc2c(c1)CCC(=O)N2. The first-order chi connectivity index (χ1) is 12.3. The van der Waals surface area contributed by atoms with Crippen molar-refractivity contribution in [2.45, 2.75) is 44.4 Å². The molecule has 1 aliphatic rings. The van der Waals surface area contributed by atoms with Gasteiger partial charge in [-0.25, -0.2) is 12.7 Å². The van der Waals surface area contributed by atoms with Crippen molar-refractivity contribution in [1.82, 2.24) is 14.5 Å². The molecule has 0 bridgehead atoms. The number of amides is 1. The number of aryl methyl sites for hydroxylation is 3. The minimum atomic E-state index is -3.55. The molecule has 0 spiro atoms. The molecule has 0 unspecified atom stereocenters. The second kappa shape index (κ2) is 7.20. The summed E-state index contributed by atoms with van der Waals surface area (Å²) in [7, 11) is -1.95. The number of hydrogen-bond donors (Lipinski definition) is 2. The topological polar surface area (TPSA) is 95.2 Å². The zero-order valence-electron chi connectivity index (χ0n) is 15.3. The van der Waals surface area contributed by atoms with E-state index in [-0.39, 0.29) is 10.8 Å². The summed E-state index contributed by atoms with van der Waals surface area (Å²) in [5, 5.41) is 9.89. The third kappa shape index (κ3) is 3.66. The Kier molecular flexibility index (Phi) is 5.15. The number of rotatable bonds is 6. The Morgan fingerprint density at radius 3 is 2.69 bits per heavy atom. The van der Waals surface area contributed by atoms with Crippen LogP contribution < -0.4 is 5.32 Å². The van der Waals surface area contributed by atoms with Crippen molar-refractivity contribution in [2.75, 3.05) is 18.9 Å². The molecule has 1 aromatic heterocycles. The van der Waals surface area contributed by atoms with Gasteiger partial charge in [0.05, 0.1) is 10.6 Å². The molecule has 0 aliphatic carbocycles. The van der Waals surface area contributed by atoms with Crippen LogP contribution >= 0.6 is 0 Å². The van der Waals surface area contributed by atoms with Crippen LogP contribution in [0.5, 0.6) is 0 Å². The molecule has 0 fully saturated rings. The molecular formula is C18H24N4O3S. The van der Waals surface area contributed by atoms with Crippen LogP contribution in [0, 0.1) is 13.8 Å². The minimum Gasteiger partial charge on any atom is -0.326 e. The Hall–Kier alpha value is -2.19. The summed E-state index contributed by atoms with van der Waals surface area (Å²) in [6, 6.07) is 4.90. The normalized spacial score (nSPS) is 14.4. The van der Waals surface area contributed by atoms with Crippen LogP contribution in [-0.4, -0.2) is 42.4 Å². The van der Waals surface area contributed by atoms with E-state index < -0.39 is 10.0 Å². The Balaban J connectivity index is 1.68. The van der Waals surface area contributed by atoms with Gasteiger partial charge in [-0.1, -0.05) is 0 Å². The van der Waals surface area contributed by atoms with Crippen molar-refractivity contribution in [1.29, 1.82) is 0 Å². The lowest BCUT2D eigenvalue weighted by atomic mass is 10.0. The van der Waals surface area contributed by atoms with E-state index in [2.05, 4.69) is 15.5 Å². The van der Waals surface area contributed by atoms with Gasteiger partial charge in [-0.15, -0.1) is 0 Å². The van der Waals surface area contributed by atoms with Gasteiger partial charge in [0.25, 0.3) is 0 Å². The standard InChI is InChI=1S/C18H24N4O3S/c1-12-16(13(2)21-20-12)5-4-10-22(3)26(24,25)15-7-8-17-14(11-15)6-9-18(23)19-17/h7-8,11H,4-6,9-10H2,1-3H3,(H,19,23)(H,20,21). The van der Waals surface area contributed by atoms with E-state index in [1.54, 1.807) is 25.2 Å². The van der Waals surface area contributed by atoms with Crippen LogP contribution in [0.2, 0.25) is 0 Å². The van der Waals surface area contributed by atoms with E-state index in [9.17, 15) is 13.2 Å². The third-order valence-electron chi connectivity index (χ3n) is 4.86. The smallest absolute Gasteiger partial charge is 0.242 e. The highest BCUT2D eigenvalue weighted by atomic mass is 32.2. The van der Waals surface area contributed by atoms with Crippen LogP contribution in [0.3, 0.4) is 0 Å².